The second-order valence-electron chi connectivity index (χ2n) is 5.88. The van der Waals surface area contributed by atoms with E-state index in [1.807, 2.05) is 0 Å². The molecule has 146 valence electrons. The van der Waals surface area contributed by atoms with Gasteiger partial charge < -0.3 is 14.4 Å². The maximum Gasteiger partial charge on any atom is 0.316 e. The average molecular weight is 396 g/mol. The van der Waals surface area contributed by atoms with Crippen molar-refractivity contribution in [1.29, 1.82) is 0 Å². The number of piperidine rings is 1. The SMILES string of the molecule is COC(=O)C1CCN(C(=O)COC(=O)CSc2ccc([N+](=O)[O-])cc2)CC1. The van der Waals surface area contributed by atoms with E-state index in [1.165, 1.54) is 31.0 Å². The van der Waals surface area contributed by atoms with Gasteiger partial charge in [-0.3, -0.25) is 24.5 Å². The Morgan fingerprint density at radius 3 is 2.41 bits per heavy atom. The Labute approximate surface area is 160 Å². The van der Waals surface area contributed by atoms with Gasteiger partial charge in [-0.15, -0.1) is 11.8 Å². The standard InChI is InChI=1S/C17H20N2O7S/c1-25-17(22)12-6-8-18(9-7-12)15(20)10-26-16(21)11-27-14-4-2-13(3-5-14)19(23)24/h2-5,12H,6-11H2,1H3. The Morgan fingerprint density at radius 1 is 1.22 bits per heavy atom. The van der Waals surface area contributed by atoms with E-state index in [0.717, 1.165) is 0 Å². The van der Waals surface area contributed by atoms with E-state index in [1.54, 1.807) is 17.0 Å². The number of amides is 1. The molecule has 1 saturated heterocycles. The summed E-state index contributed by atoms with van der Waals surface area (Å²) in [6.45, 7) is 0.504. The smallest absolute Gasteiger partial charge is 0.316 e. The average Bonchev–Trinajstić information content (AvgIpc) is 2.70. The number of hydrogen-bond acceptors (Lipinski definition) is 8. The van der Waals surface area contributed by atoms with E-state index in [2.05, 4.69) is 0 Å². The molecule has 1 aliphatic rings. The molecule has 0 N–H and O–H groups in total. The first kappa shape index (κ1) is 20.7. The van der Waals surface area contributed by atoms with Crippen LogP contribution in [-0.4, -0.2) is 60.2 Å². The van der Waals surface area contributed by atoms with Gasteiger partial charge in [0.2, 0.25) is 0 Å². The lowest BCUT2D eigenvalue weighted by atomic mass is 9.97. The maximum absolute atomic E-state index is 12.1. The summed E-state index contributed by atoms with van der Waals surface area (Å²) >= 11 is 1.17. The van der Waals surface area contributed by atoms with Crippen molar-refractivity contribution < 1.29 is 28.8 Å². The zero-order chi connectivity index (χ0) is 19.8. The number of thioether (sulfide) groups is 1. The molecule has 0 spiro atoms. The minimum absolute atomic E-state index is 0.00446. The summed E-state index contributed by atoms with van der Waals surface area (Å²) in [6, 6.07) is 5.81. The number of nitro benzene ring substituents is 1. The molecule has 0 aliphatic carbocycles. The van der Waals surface area contributed by atoms with Crippen molar-refractivity contribution in [3.63, 3.8) is 0 Å². The topological polar surface area (TPSA) is 116 Å². The Balaban J connectivity index is 1.68. The fourth-order valence-electron chi connectivity index (χ4n) is 2.61. The summed E-state index contributed by atoms with van der Waals surface area (Å²) in [5.41, 5.74) is -0.0245. The number of methoxy groups -OCH3 is 1. The van der Waals surface area contributed by atoms with Gasteiger partial charge in [0.1, 0.15) is 0 Å². The van der Waals surface area contributed by atoms with Crippen LogP contribution in [0, 0.1) is 16.0 Å². The molecule has 0 saturated carbocycles. The molecule has 1 heterocycles. The van der Waals surface area contributed by atoms with Gasteiger partial charge in [0.05, 0.1) is 23.7 Å². The van der Waals surface area contributed by atoms with Gasteiger partial charge in [-0.1, -0.05) is 0 Å². The molecule has 1 aromatic carbocycles. The van der Waals surface area contributed by atoms with Crippen molar-refractivity contribution in [3.8, 4) is 0 Å². The number of likely N-dealkylation sites (tertiary alicyclic amines) is 1. The molecule has 1 amide bonds. The van der Waals surface area contributed by atoms with Crippen LogP contribution in [0.2, 0.25) is 0 Å². The first-order chi connectivity index (χ1) is 12.9. The monoisotopic (exact) mass is 396 g/mol. The Hall–Kier alpha value is -2.62. The van der Waals surface area contributed by atoms with Crippen molar-refractivity contribution >= 4 is 35.3 Å². The highest BCUT2D eigenvalue weighted by Gasteiger charge is 2.28. The Kier molecular flexibility index (Phi) is 7.59. The number of nitro groups is 1. The summed E-state index contributed by atoms with van der Waals surface area (Å²) in [7, 11) is 1.34. The van der Waals surface area contributed by atoms with E-state index in [4.69, 9.17) is 9.47 Å². The van der Waals surface area contributed by atoms with Crippen LogP contribution in [0.1, 0.15) is 12.8 Å². The lowest BCUT2D eigenvalue weighted by molar-refractivity contribution is -0.384. The number of nitrogens with zero attached hydrogens (tertiary/aromatic N) is 2. The van der Waals surface area contributed by atoms with Crippen molar-refractivity contribution in [1.82, 2.24) is 4.90 Å². The van der Waals surface area contributed by atoms with Crippen molar-refractivity contribution in [3.05, 3.63) is 34.4 Å². The summed E-state index contributed by atoms with van der Waals surface area (Å²) in [4.78, 5) is 47.7. The predicted octanol–water partition coefficient (Wildman–Crippen LogP) is 1.64. The molecule has 2 rings (SSSR count). The van der Waals surface area contributed by atoms with Gasteiger partial charge in [0, 0.05) is 30.1 Å². The highest BCUT2D eigenvalue weighted by Crippen LogP contribution is 2.21. The first-order valence-corrected chi connectivity index (χ1v) is 9.27. The summed E-state index contributed by atoms with van der Waals surface area (Å²) < 4.78 is 9.68. The number of rotatable bonds is 7. The zero-order valence-electron chi connectivity index (χ0n) is 14.8. The van der Waals surface area contributed by atoms with E-state index in [9.17, 15) is 24.5 Å². The number of ether oxygens (including phenoxy) is 2. The molecule has 0 bridgehead atoms. The largest absolute Gasteiger partial charge is 0.469 e. The van der Waals surface area contributed by atoms with Crippen molar-refractivity contribution in [2.45, 2.75) is 17.7 Å². The van der Waals surface area contributed by atoms with Crippen molar-refractivity contribution in [2.24, 2.45) is 5.92 Å². The van der Waals surface area contributed by atoms with Crippen LogP contribution in [0.25, 0.3) is 0 Å². The van der Waals surface area contributed by atoms with Gasteiger partial charge in [0.25, 0.3) is 11.6 Å². The van der Waals surface area contributed by atoms with Gasteiger partial charge in [-0.05, 0) is 25.0 Å². The number of hydrogen-bond donors (Lipinski definition) is 0. The maximum atomic E-state index is 12.1. The highest BCUT2D eigenvalue weighted by atomic mass is 32.2. The van der Waals surface area contributed by atoms with E-state index in [-0.39, 0.29) is 35.8 Å². The molecule has 0 radical (unpaired) electrons. The molecule has 1 aliphatic heterocycles. The Bertz CT molecular complexity index is 700. The van der Waals surface area contributed by atoms with Gasteiger partial charge in [-0.2, -0.15) is 0 Å². The van der Waals surface area contributed by atoms with Crippen LogP contribution < -0.4 is 0 Å². The normalized spacial score (nSPS) is 14.5. The molecule has 10 heteroatoms. The lowest BCUT2D eigenvalue weighted by Gasteiger charge is -2.30. The van der Waals surface area contributed by atoms with Crippen LogP contribution in [0.4, 0.5) is 5.69 Å². The highest BCUT2D eigenvalue weighted by molar-refractivity contribution is 8.00. The van der Waals surface area contributed by atoms with E-state index in [0.29, 0.717) is 30.8 Å². The van der Waals surface area contributed by atoms with Crippen LogP contribution in [0.3, 0.4) is 0 Å². The zero-order valence-corrected chi connectivity index (χ0v) is 15.6. The second-order valence-corrected chi connectivity index (χ2v) is 6.93. The molecular weight excluding hydrogens is 376 g/mol. The molecule has 1 fully saturated rings. The quantitative estimate of drug-likeness (QED) is 0.296. The summed E-state index contributed by atoms with van der Waals surface area (Å²) in [6.07, 6.45) is 1.06. The number of non-ortho nitro benzene ring substituents is 1. The number of carbonyl (C=O) groups is 3. The summed E-state index contributed by atoms with van der Waals surface area (Å²) in [5, 5.41) is 10.6. The lowest BCUT2D eigenvalue weighted by Crippen LogP contribution is -2.42. The van der Waals surface area contributed by atoms with Crippen LogP contribution in [0.15, 0.2) is 29.2 Å². The fourth-order valence-corrected chi connectivity index (χ4v) is 3.31. The van der Waals surface area contributed by atoms with E-state index >= 15 is 0 Å². The van der Waals surface area contributed by atoms with Crippen LogP contribution in [0.5, 0.6) is 0 Å². The van der Waals surface area contributed by atoms with E-state index < -0.39 is 10.9 Å². The Morgan fingerprint density at radius 2 is 1.85 bits per heavy atom. The summed E-state index contributed by atoms with van der Waals surface area (Å²) in [5.74, 6) is -1.31. The minimum atomic E-state index is -0.545. The third-order valence-corrected chi connectivity index (χ3v) is 5.13. The van der Waals surface area contributed by atoms with Crippen LogP contribution in [-0.2, 0) is 23.9 Å². The van der Waals surface area contributed by atoms with Gasteiger partial charge in [0.15, 0.2) is 6.61 Å². The fraction of sp³-hybridized carbons (Fsp3) is 0.471. The number of carbonyl (C=O) groups excluding carboxylic acids is 3. The van der Waals surface area contributed by atoms with Crippen molar-refractivity contribution in [2.75, 3.05) is 32.6 Å². The third kappa shape index (κ3) is 6.24. The van der Waals surface area contributed by atoms with Gasteiger partial charge in [-0.25, -0.2) is 0 Å². The molecule has 9 nitrogen and oxygen atoms in total. The minimum Gasteiger partial charge on any atom is -0.469 e. The molecule has 0 atom stereocenters. The first-order valence-electron chi connectivity index (χ1n) is 8.29. The molecule has 27 heavy (non-hydrogen) atoms. The molecule has 0 aromatic heterocycles. The molecule has 0 unspecified atom stereocenters. The number of benzene rings is 1. The molecule has 1 aromatic rings. The second kappa shape index (κ2) is 9.91. The molecular formula is C17H20N2O7S. The van der Waals surface area contributed by atoms with Gasteiger partial charge >= 0.3 is 11.9 Å². The third-order valence-electron chi connectivity index (χ3n) is 4.14. The van der Waals surface area contributed by atoms with Crippen LogP contribution >= 0.6 is 11.8 Å². The predicted molar refractivity (Wildman–Crippen MR) is 96.1 cm³/mol. The number of esters is 2.